The molecule has 0 aliphatic heterocycles. The van der Waals surface area contributed by atoms with Gasteiger partial charge in [0.05, 0.1) is 0 Å². The quantitative estimate of drug-likeness (QED) is 0.798. The number of thiophene rings is 1. The second-order valence-electron chi connectivity index (χ2n) is 5.50. The molecule has 0 atom stereocenters. The molecular weight excluding hydrogens is 244 g/mol. The highest BCUT2D eigenvalue weighted by molar-refractivity contribution is 7.10. The lowest BCUT2D eigenvalue weighted by molar-refractivity contribution is -0.121. The van der Waals surface area contributed by atoms with Gasteiger partial charge < -0.3 is 10.6 Å². The average Bonchev–Trinajstić information content (AvgIpc) is 2.80. The lowest BCUT2D eigenvalue weighted by atomic mass is 9.91. The fourth-order valence-electron chi connectivity index (χ4n) is 1.63. The van der Waals surface area contributed by atoms with Crippen LogP contribution in [0, 0.1) is 0 Å². The Morgan fingerprint density at radius 2 is 2.17 bits per heavy atom. The van der Waals surface area contributed by atoms with E-state index in [1.54, 1.807) is 11.3 Å². The van der Waals surface area contributed by atoms with Crippen molar-refractivity contribution in [1.82, 2.24) is 10.6 Å². The maximum Gasteiger partial charge on any atom is 0.221 e. The molecule has 4 heteroatoms. The van der Waals surface area contributed by atoms with Gasteiger partial charge in [0.25, 0.3) is 0 Å². The van der Waals surface area contributed by atoms with Crippen molar-refractivity contribution in [2.45, 2.75) is 45.6 Å². The van der Waals surface area contributed by atoms with E-state index in [1.807, 2.05) is 0 Å². The average molecular weight is 268 g/mol. The molecule has 0 saturated carbocycles. The van der Waals surface area contributed by atoms with E-state index in [-0.39, 0.29) is 11.3 Å². The van der Waals surface area contributed by atoms with Crippen molar-refractivity contribution in [2.75, 3.05) is 13.1 Å². The van der Waals surface area contributed by atoms with Gasteiger partial charge in [0.2, 0.25) is 5.91 Å². The molecule has 3 nitrogen and oxygen atoms in total. The molecule has 0 aliphatic carbocycles. The molecule has 0 aliphatic rings. The van der Waals surface area contributed by atoms with Crippen LogP contribution in [-0.2, 0) is 10.2 Å². The van der Waals surface area contributed by atoms with Crippen molar-refractivity contribution in [3.05, 3.63) is 22.4 Å². The molecule has 0 unspecified atom stereocenters. The summed E-state index contributed by atoms with van der Waals surface area (Å²) >= 11 is 1.74. The van der Waals surface area contributed by atoms with Crippen LogP contribution >= 0.6 is 11.3 Å². The van der Waals surface area contributed by atoms with Gasteiger partial charge in [-0.25, -0.2) is 0 Å². The zero-order chi connectivity index (χ0) is 13.6. The number of carbonyl (C=O) groups is 1. The fourth-order valence-corrected chi connectivity index (χ4v) is 2.49. The predicted molar refractivity (Wildman–Crippen MR) is 78.1 cm³/mol. The summed E-state index contributed by atoms with van der Waals surface area (Å²) in [6.45, 7) is 9.91. The number of hydrogen-bond acceptors (Lipinski definition) is 3. The Labute approximate surface area is 114 Å². The Hall–Kier alpha value is -0.870. The van der Waals surface area contributed by atoms with Crippen molar-refractivity contribution >= 4 is 17.2 Å². The van der Waals surface area contributed by atoms with Crippen LogP contribution in [0.1, 0.15) is 39.0 Å². The first-order valence-electron chi connectivity index (χ1n) is 6.46. The number of carbonyl (C=O) groups excluding carboxylic acids is 1. The molecule has 102 valence electrons. The minimum Gasteiger partial charge on any atom is -0.355 e. The monoisotopic (exact) mass is 268 g/mol. The zero-order valence-corrected chi connectivity index (χ0v) is 12.6. The summed E-state index contributed by atoms with van der Waals surface area (Å²) in [5.41, 5.74) is 0.00923. The Morgan fingerprint density at radius 3 is 2.72 bits per heavy atom. The first-order chi connectivity index (χ1) is 8.42. The SMILES string of the molecule is CC(C)NCCC(=O)NCC(C)(C)c1cccs1. The van der Waals surface area contributed by atoms with Crippen molar-refractivity contribution in [2.24, 2.45) is 0 Å². The third kappa shape index (κ3) is 5.19. The molecule has 0 saturated heterocycles. The molecule has 18 heavy (non-hydrogen) atoms. The standard InChI is InChI=1S/C14H24N2OS/c1-11(2)15-8-7-13(17)16-10-14(3,4)12-6-5-9-18-12/h5-6,9,11,15H,7-8,10H2,1-4H3,(H,16,17). The Kier molecular flexibility index (Phi) is 5.82. The highest BCUT2D eigenvalue weighted by Gasteiger charge is 2.22. The van der Waals surface area contributed by atoms with Crippen LogP contribution < -0.4 is 10.6 Å². The Morgan fingerprint density at radius 1 is 1.44 bits per heavy atom. The summed E-state index contributed by atoms with van der Waals surface area (Å²) in [5.74, 6) is 0.118. The van der Waals surface area contributed by atoms with Crippen LogP contribution in [0.4, 0.5) is 0 Å². The van der Waals surface area contributed by atoms with E-state index in [0.717, 1.165) is 6.54 Å². The normalized spacial score (nSPS) is 11.8. The highest BCUT2D eigenvalue weighted by Crippen LogP contribution is 2.26. The molecule has 1 heterocycles. The molecule has 0 spiro atoms. The molecule has 0 fully saturated rings. The van der Waals surface area contributed by atoms with E-state index in [0.29, 0.717) is 19.0 Å². The van der Waals surface area contributed by atoms with Gasteiger partial charge in [-0.1, -0.05) is 33.8 Å². The van der Waals surface area contributed by atoms with E-state index < -0.39 is 0 Å². The lowest BCUT2D eigenvalue weighted by Gasteiger charge is -2.23. The van der Waals surface area contributed by atoms with E-state index in [4.69, 9.17) is 0 Å². The molecule has 0 radical (unpaired) electrons. The molecular formula is C14H24N2OS. The second-order valence-corrected chi connectivity index (χ2v) is 6.44. The summed E-state index contributed by atoms with van der Waals surface area (Å²) in [4.78, 5) is 13.0. The molecule has 1 aromatic rings. The first kappa shape index (κ1) is 15.2. The summed E-state index contributed by atoms with van der Waals surface area (Å²) in [7, 11) is 0. The second kappa shape index (κ2) is 6.90. The maximum atomic E-state index is 11.7. The van der Waals surface area contributed by atoms with Crippen molar-refractivity contribution in [3.8, 4) is 0 Å². The Bertz CT molecular complexity index is 358. The van der Waals surface area contributed by atoms with Gasteiger partial charge in [-0.3, -0.25) is 4.79 Å². The molecule has 1 amide bonds. The summed E-state index contributed by atoms with van der Waals surface area (Å²) in [5, 5.41) is 8.33. The largest absolute Gasteiger partial charge is 0.355 e. The van der Waals surface area contributed by atoms with Crippen LogP contribution in [0.15, 0.2) is 17.5 Å². The van der Waals surface area contributed by atoms with Gasteiger partial charge in [-0.15, -0.1) is 11.3 Å². The Balaban J connectivity index is 2.29. The fraction of sp³-hybridized carbons (Fsp3) is 0.643. The number of nitrogens with one attached hydrogen (secondary N) is 2. The summed E-state index contributed by atoms with van der Waals surface area (Å²) < 4.78 is 0. The molecule has 1 rings (SSSR count). The van der Waals surface area contributed by atoms with Crippen molar-refractivity contribution < 1.29 is 4.79 Å². The van der Waals surface area contributed by atoms with Gasteiger partial charge in [0, 0.05) is 35.8 Å². The van der Waals surface area contributed by atoms with Gasteiger partial charge >= 0.3 is 0 Å². The molecule has 2 N–H and O–H groups in total. The van der Waals surface area contributed by atoms with E-state index in [2.05, 4.69) is 55.8 Å². The molecule has 0 bridgehead atoms. The topological polar surface area (TPSA) is 41.1 Å². The first-order valence-corrected chi connectivity index (χ1v) is 7.34. The minimum absolute atomic E-state index is 0.00923. The van der Waals surface area contributed by atoms with Gasteiger partial charge in [0.15, 0.2) is 0 Å². The highest BCUT2D eigenvalue weighted by atomic mass is 32.1. The van der Waals surface area contributed by atoms with Gasteiger partial charge in [-0.05, 0) is 11.4 Å². The number of amides is 1. The van der Waals surface area contributed by atoms with Crippen molar-refractivity contribution in [1.29, 1.82) is 0 Å². The van der Waals surface area contributed by atoms with Crippen LogP contribution in [-0.4, -0.2) is 25.0 Å². The van der Waals surface area contributed by atoms with Crippen LogP contribution in [0.2, 0.25) is 0 Å². The van der Waals surface area contributed by atoms with E-state index in [9.17, 15) is 4.79 Å². The molecule has 1 aromatic heterocycles. The zero-order valence-electron chi connectivity index (χ0n) is 11.7. The van der Waals surface area contributed by atoms with E-state index >= 15 is 0 Å². The number of hydrogen-bond donors (Lipinski definition) is 2. The van der Waals surface area contributed by atoms with Gasteiger partial charge in [-0.2, -0.15) is 0 Å². The third-order valence-electron chi connectivity index (χ3n) is 2.82. The number of rotatable bonds is 7. The van der Waals surface area contributed by atoms with Crippen LogP contribution in [0.5, 0.6) is 0 Å². The summed E-state index contributed by atoms with van der Waals surface area (Å²) in [6.07, 6.45) is 0.540. The minimum atomic E-state index is 0.00923. The van der Waals surface area contributed by atoms with Gasteiger partial charge in [0.1, 0.15) is 0 Å². The predicted octanol–water partition coefficient (Wildman–Crippen LogP) is 2.53. The molecule has 0 aromatic carbocycles. The van der Waals surface area contributed by atoms with Crippen LogP contribution in [0.3, 0.4) is 0 Å². The van der Waals surface area contributed by atoms with Crippen molar-refractivity contribution in [3.63, 3.8) is 0 Å². The van der Waals surface area contributed by atoms with E-state index in [1.165, 1.54) is 4.88 Å². The summed E-state index contributed by atoms with van der Waals surface area (Å²) in [6, 6.07) is 4.60. The maximum absolute atomic E-state index is 11.7. The van der Waals surface area contributed by atoms with Crippen LogP contribution in [0.25, 0.3) is 0 Å². The third-order valence-corrected chi connectivity index (χ3v) is 4.06. The smallest absolute Gasteiger partial charge is 0.221 e. The lowest BCUT2D eigenvalue weighted by Crippen LogP contribution is -2.37.